The average Bonchev–Trinajstić information content (AvgIpc) is 3.20. The van der Waals surface area contributed by atoms with Crippen molar-refractivity contribution in [3.63, 3.8) is 0 Å². The molecule has 2 aromatic heterocycles. The molecule has 2 rings (SSSR count). The number of carbonyl (C=O) groups excluding carboxylic acids is 2. The van der Waals surface area contributed by atoms with Gasteiger partial charge in [-0.15, -0.1) is 0 Å². The van der Waals surface area contributed by atoms with E-state index in [-0.39, 0.29) is 18.9 Å². The van der Waals surface area contributed by atoms with Crippen LogP contribution < -0.4 is 10.9 Å². The molecule has 0 saturated heterocycles. The number of carbonyl (C=O) groups is 2. The lowest BCUT2D eigenvalue weighted by molar-refractivity contribution is -0.154. The molecule has 1 atom stereocenters. The van der Waals surface area contributed by atoms with Crippen molar-refractivity contribution in [2.75, 3.05) is 12.0 Å². The Balaban J connectivity index is 1.95. The van der Waals surface area contributed by atoms with E-state index in [9.17, 15) is 14.8 Å². The van der Waals surface area contributed by atoms with Gasteiger partial charge >= 0.3 is 0 Å². The first-order valence-electron chi connectivity index (χ1n) is 8.41. The minimum atomic E-state index is -0.529. The predicted molar refractivity (Wildman–Crippen MR) is 93.1 cm³/mol. The number of rotatable bonds is 11. The molecule has 2 heterocycles. The quantitative estimate of drug-likeness (QED) is 0.237. The van der Waals surface area contributed by atoms with Crippen LogP contribution in [-0.4, -0.2) is 48.7 Å². The van der Waals surface area contributed by atoms with Crippen LogP contribution in [0, 0.1) is 5.92 Å². The zero-order valence-electron chi connectivity index (χ0n) is 14.6. The minimum absolute atomic E-state index is 0.0647. The zero-order valence-corrected chi connectivity index (χ0v) is 14.6. The lowest BCUT2D eigenvalue weighted by Crippen LogP contribution is -2.40. The molecule has 0 unspecified atom stereocenters. The van der Waals surface area contributed by atoms with E-state index >= 15 is 0 Å². The van der Waals surface area contributed by atoms with Gasteiger partial charge in [0, 0.05) is 18.5 Å². The van der Waals surface area contributed by atoms with Crippen LogP contribution in [-0.2, 0) is 9.59 Å². The summed E-state index contributed by atoms with van der Waals surface area (Å²) >= 11 is 0. The number of hydrazine groups is 1. The summed E-state index contributed by atoms with van der Waals surface area (Å²) in [6, 6.07) is 1.65. The first-order valence-corrected chi connectivity index (χ1v) is 8.41. The van der Waals surface area contributed by atoms with E-state index in [1.807, 2.05) is 0 Å². The molecule has 10 nitrogen and oxygen atoms in total. The Morgan fingerprint density at radius 1 is 1.42 bits per heavy atom. The van der Waals surface area contributed by atoms with Crippen molar-refractivity contribution in [2.24, 2.45) is 5.92 Å². The highest BCUT2D eigenvalue weighted by Gasteiger charge is 2.20. The summed E-state index contributed by atoms with van der Waals surface area (Å²) in [6.07, 6.45) is 10.0. The summed E-state index contributed by atoms with van der Waals surface area (Å²) in [5, 5.41) is 9.88. The number of nitrogens with zero attached hydrogens (tertiary/aromatic N) is 5. The lowest BCUT2D eigenvalue weighted by Gasteiger charge is -2.19. The van der Waals surface area contributed by atoms with Crippen molar-refractivity contribution < 1.29 is 14.8 Å². The van der Waals surface area contributed by atoms with Crippen LogP contribution in [0.15, 0.2) is 31.1 Å². The fourth-order valence-electron chi connectivity index (χ4n) is 2.39. The summed E-state index contributed by atoms with van der Waals surface area (Å²) in [5.74, 6) is 0.140. The summed E-state index contributed by atoms with van der Waals surface area (Å²) in [4.78, 5) is 35.1. The molecule has 26 heavy (non-hydrogen) atoms. The number of unbranched alkanes of at least 4 members (excludes halogenated alkanes) is 2. The third-order valence-corrected chi connectivity index (χ3v) is 3.79. The SMILES string of the molecule is CCCCC[C@H](CN(O)C=O)C(=O)NNc1cc(-n2ccnc2)ncn1. The first-order chi connectivity index (χ1) is 12.6. The van der Waals surface area contributed by atoms with Gasteiger partial charge < -0.3 is 0 Å². The standard InChI is InChI=1S/C16H23N7O3/c1-2-3-4-5-13(9-23(26)12-24)16(25)21-20-14-8-15(19-10-18-14)22-7-6-17-11-22/h6-8,10-13,26H,2-5,9H2,1H3,(H,21,25)(H,18,19,20)/t13-/m1/s1. The molecule has 0 spiro atoms. The number of hydroxylamine groups is 2. The Hall–Kier alpha value is -3.01. The molecule has 0 fully saturated rings. The largest absolute Gasteiger partial charge is 0.290 e. The van der Waals surface area contributed by atoms with Crippen LogP contribution >= 0.6 is 0 Å². The van der Waals surface area contributed by atoms with Crippen LogP contribution in [0.5, 0.6) is 0 Å². The molecule has 2 amide bonds. The number of imidazole rings is 1. The summed E-state index contributed by atoms with van der Waals surface area (Å²) in [7, 11) is 0. The Kier molecular flexibility index (Phi) is 7.49. The van der Waals surface area contributed by atoms with Gasteiger partial charge in [0.1, 0.15) is 24.3 Å². The van der Waals surface area contributed by atoms with E-state index < -0.39 is 5.92 Å². The third kappa shape index (κ3) is 5.81. The van der Waals surface area contributed by atoms with E-state index in [0.717, 1.165) is 19.3 Å². The van der Waals surface area contributed by atoms with Gasteiger partial charge in [0.2, 0.25) is 12.3 Å². The molecule has 0 bridgehead atoms. The van der Waals surface area contributed by atoms with Gasteiger partial charge in [-0.2, -0.15) is 0 Å². The van der Waals surface area contributed by atoms with E-state index in [1.165, 1.54) is 6.33 Å². The molecule has 0 saturated carbocycles. The molecule has 0 aliphatic carbocycles. The van der Waals surface area contributed by atoms with Crippen LogP contribution in [0.25, 0.3) is 5.82 Å². The molecule has 3 N–H and O–H groups in total. The number of aromatic nitrogens is 4. The van der Waals surface area contributed by atoms with Gasteiger partial charge in [0.05, 0.1) is 12.5 Å². The summed E-state index contributed by atoms with van der Waals surface area (Å²) in [6.45, 7) is 2.00. The van der Waals surface area contributed by atoms with Crippen LogP contribution in [0.4, 0.5) is 5.82 Å². The van der Waals surface area contributed by atoms with Crippen LogP contribution in [0.2, 0.25) is 0 Å². The number of nitrogens with one attached hydrogen (secondary N) is 2. The highest BCUT2D eigenvalue weighted by Crippen LogP contribution is 2.12. The van der Waals surface area contributed by atoms with Crippen molar-refractivity contribution in [3.05, 3.63) is 31.1 Å². The second-order valence-corrected chi connectivity index (χ2v) is 5.77. The molecule has 0 aliphatic heterocycles. The van der Waals surface area contributed by atoms with Crippen LogP contribution in [0.3, 0.4) is 0 Å². The summed E-state index contributed by atoms with van der Waals surface area (Å²) in [5.41, 5.74) is 5.31. The Labute approximate surface area is 151 Å². The second kappa shape index (κ2) is 10.1. The van der Waals surface area contributed by atoms with E-state index in [4.69, 9.17) is 0 Å². The number of hydrogen-bond donors (Lipinski definition) is 3. The van der Waals surface area contributed by atoms with Gasteiger partial charge in [-0.3, -0.25) is 30.2 Å². The molecule has 2 aromatic rings. The van der Waals surface area contributed by atoms with Gasteiger partial charge in [-0.05, 0) is 6.42 Å². The van der Waals surface area contributed by atoms with Crippen LogP contribution in [0.1, 0.15) is 32.6 Å². The predicted octanol–water partition coefficient (Wildman–Crippen LogP) is 1.15. The van der Waals surface area contributed by atoms with E-state index in [1.54, 1.807) is 29.4 Å². The molecular formula is C16H23N7O3. The highest BCUT2D eigenvalue weighted by molar-refractivity contribution is 5.80. The van der Waals surface area contributed by atoms with Gasteiger partial charge in [-0.25, -0.2) is 20.0 Å². The third-order valence-electron chi connectivity index (χ3n) is 3.79. The Morgan fingerprint density at radius 3 is 2.96 bits per heavy atom. The molecule has 140 valence electrons. The summed E-state index contributed by atoms with van der Waals surface area (Å²) < 4.78 is 1.70. The van der Waals surface area contributed by atoms with Gasteiger partial charge in [0.25, 0.3) is 0 Å². The van der Waals surface area contributed by atoms with Crippen molar-refractivity contribution in [2.45, 2.75) is 32.6 Å². The lowest BCUT2D eigenvalue weighted by atomic mass is 10.0. The number of hydrogen-bond acceptors (Lipinski definition) is 7. The number of amides is 2. The fraction of sp³-hybridized carbons (Fsp3) is 0.438. The monoisotopic (exact) mass is 361 g/mol. The first kappa shape index (κ1) is 19.3. The fourth-order valence-corrected chi connectivity index (χ4v) is 2.39. The maximum atomic E-state index is 12.4. The highest BCUT2D eigenvalue weighted by atomic mass is 16.5. The Morgan fingerprint density at radius 2 is 2.27 bits per heavy atom. The maximum Gasteiger partial charge on any atom is 0.243 e. The second-order valence-electron chi connectivity index (χ2n) is 5.77. The van der Waals surface area contributed by atoms with Crippen molar-refractivity contribution in [1.29, 1.82) is 0 Å². The Bertz CT molecular complexity index is 693. The number of anilines is 1. The normalized spacial score (nSPS) is 11.6. The smallest absolute Gasteiger partial charge is 0.243 e. The molecular weight excluding hydrogens is 338 g/mol. The van der Waals surface area contributed by atoms with Gasteiger partial charge in [0.15, 0.2) is 0 Å². The topological polar surface area (TPSA) is 125 Å². The average molecular weight is 361 g/mol. The van der Waals surface area contributed by atoms with Crippen molar-refractivity contribution in [3.8, 4) is 5.82 Å². The maximum absolute atomic E-state index is 12.4. The molecule has 0 aliphatic rings. The zero-order chi connectivity index (χ0) is 18.8. The van der Waals surface area contributed by atoms with Crippen molar-refractivity contribution in [1.82, 2.24) is 30.0 Å². The van der Waals surface area contributed by atoms with E-state index in [2.05, 4.69) is 32.7 Å². The van der Waals surface area contributed by atoms with Crippen molar-refractivity contribution >= 4 is 18.1 Å². The molecule has 10 heteroatoms. The molecule has 0 aromatic carbocycles. The minimum Gasteiger partial charge on any atom is -0.290 e. The van der Waals surface area contributed by atoms with E-state index in [0.29, 0.717) is 23.1 Å². The molecule has 0 radical (unpaired) electrons. The van der Waals surface area contributed by atoms with Gasteiger partial charge in [-0.1, -0.05) is 26.2 Å².